The summed E-state index contributed by atoms with van der Waals surface area (Å²) in [6, 6.07) is 0. The van der Waals surface area contributed by atoms with Crippen molar-refractivity contribution in [1.29, 1.82) is 0 Å². The fourth-order valence-electron chi connectivity index (χ4n) is 1.79. The number of rotatable bonds is 5. The van der Waals surface area contributed by atoms with E-state index >= 15 is 0 Å². The van der Waals surface area contributed by atoms with E-state index in [0.717, 1.165) is 4.90 Å². The Kier molecular flexibility index (Phi) is 4.94. The van der Waals surface area contributed by atoms with E-state index in [1.807, 2.05) is 0 Å². The molecule has 1 aliphatic rings. The van der Waals surface area contributed by atoms with Gasteiger partial charge in [0.1, 0.15) is 6.54 Å². The monoisotopic (exact) mass is 268 g/mol. The number of aliphatic carboxylic acids is 1. The minimum atomic E-state index is -4.37. The van der Waals surface area contributed by atoms with Gasteiger partial charge in [-0.2, -0.15) is 13.2 Å². The van der Waals surface area contributed by atoms with Crippen LogP contribution in [-0.4, -0.2) is 65.7 Å². The summed E-state index contributed by atoms with van der Waals surface area (Å²) in [4.78, 5) is 24.2. The van der Waals surface area contributed by atoms with Gasteiger partial charge in [-0.05, 0) is 13.0 Å². The van der Waals surface area contributed by atoms with Crippen LogP contribution < -0.4 is 0 Å². The second-order valence-corrected chi connectivity index (χ2v) is 4.20. The maximum Gasteiger partial charge on any atom is 0.406 e. The number of amides is 1. The third-order valence-corrected chi connectivity index (χ3v) is 2.63. The van der Waals surface area contributed by atoms with Crippen LogP contribution >= 0.6 is 0 Å². The fraction of sp³-hybridized carbons (Fsp3) is 0.800. The van der Waals surface area contributed by atoms with Gasteiger partial charge in [-0.25, -0.2) is 0 Å². The summed E-state index contributed by atoms with van der Waals surface area (Å²) in [5, 5.41) is 8.45. The highest BCUT2D eigenvalue weighted by Gasteiger charge is 2.35. The first-order chi connectivity index (χ1) is 8.28. The Bertz CT molecular complexity index is 320. The summed E-state index contributed by atoms with van der Waals surface area (Å²) in [6.45, 7) is -0.491. The van der Waals surface area contributed by atoms with Crippen LogP contribution in [0.4, 0.5) is 13.2 Å². The predicted molar refractivity (Wildman–Crippen MR) is 55.9 cm³/mol. The van der Waals surface area contributed by atoms with E-state index in [0.29, 0.717) is 19.5 Å². The van der Waals surface area contributed by atoms with Crippen molar-refractivity contribution in [2.45, 2.75) is 19.0 Å². The van der Waals surface area contributed by atoms with Crippen molar-refractivity contribution in [3.8, 4) is 0 Å². The highest BCUT2D eigenvalue weighted by atomic mass is 19.4. The number of halogens is 3. The normalized spacial score (nSPS) is 18.2. The molecule has 1 heterocycles. The zero-order valence-electron chi connectivity index (χ0n) is 9.74. The quantitative estimate of drug-likeness (QED) is 0.791. The lowest BCUT2D eigenvalue weighted by molar-refractivity contribution is -0.165. The van der Waals surface area contributed by atoms with Crippen LogP contribution in [0.25, 0.3) is 0 Å². The van der Waals surface area contributed by atoms with Crippen molar-refractivity contribution >= 4 is 11.9 Å². The van der Waals surface area contributed by atoms with Gasteiger partial charge in [0.15, 0.2) is 0 Å². The summed E-state index contributed by atoms with van der Waals surface area (Å²) >= 11 is 0. The van der Waals surface area contributed by atoms with E-state index in [9.17, 15) is 22.8 Å². The Labute approximate surface area is 102 Å². The highest BCUT2D eigenvalue weighted by molar-refractivity contribution is 5.79. The predicted octanol–water partition coefficient (Wildman–Crippen LogP) is 0.558. The molecule has 0 unspecified atom stereocenters. The molecular formula is C10H15F3N2O3. The lowest BCUT2D eigenvalue weighted by atomic mass is 10.2. The number of carbonyl (C=O) groups excluding carboxylic acids is 1. The molecular weight excluding hydrogens is 253 g/mol. The van der Waals surface area contributed by atoms with E-state index in [1.165, 1.54) is 0 Å². The molecule has 0 aliphatic carbocycles. The summed E-state index contributed by atoms with van der Waals surface area (Å²) in [7, 11) is 0. The van der Waals surface area contributed by atoms with Gasteiger partial charge in [0, 0.05) is 19.5 Å². The second-order valence-electron chi connectivity index (χ2n) is 4.20. The number of carbonyl (C=O) groups is 2. The first kappa shape index (κ1) is 14.7. The molecule has 1 fully saturated rings. The molecule has 1 amide bonds. The number of hydrogen-bond acceptors (Lipinski definition) is 3. The summed E-state index contributed by atoms with van der Waals surface area (Å²) < 4.78 is 36.4. The van der Waals surface area contributed by atoms with E-state index in [2.05, 4.69) is 0 Å². The third-order valence-electron chi connectivity index (χ3n) is 2.63. The number of piperazine rings is 1. The molecule has 1 saturated heterocycles. The molecule has 8 heteroatoms. The summed E-state index contributed by atoms with van der Waals surface area (Å²) in [6.07, 6.45) is -3.99. The minimum absolute atomic E-state index is 0.00302. The van der Waals surface area contributed by atoms with Gasteiger partial charge in [-0.15, -0.1) is 0 Å². The van der Waals surface area contributed by atoms with Gasteiger partial charge in [-0.3, -0.25) is 14.5 Å². The summed E-state index contributed by atoms with van der Waals surface area (Å²) in [5.74, 6) is -1.48. The Balaban J connectivity index is 2.32. The van der Waals surface area contributed by atoms with Crippen LogP contribution in [0.2, 0.25) is 0 Å². The van der Waals surface area contributed by atoms with Gasteiger partial charge >= 0.3 is 12.1 Å². The molecule has 1 aliphatic heterocycles. The highest BCUT2D eigenvalue weighted by Crippen LogP contribution is 2.18. The molecule has 0 atom stereocenters. The standard InChI is InChI=1S/C10H15F3N2O3/c11-10(12,13)7-15-5-4-14(6-8(15)16)3-1-2-9(17)18/h1-7H2,(H,17,18). The first-order valence-electron chi connectivity index (χ1n) is 5.56. The molecule has 1 N–H and O–H groups in total. The lowest BCUT2D eigenvalue weighted by Crippen LogP contribution is -2.52. The lowest BCUT2D eigenvalue weighted by Gasteiger charge is -2.34. The van der Waals surface area contributed by atoms with Crippen LogP contribution in [0.5, 0.6) is 0 Å². The van der Waals surface area contributed by atoms with E-state index in [4.69, 9.17) is 5.11 Å². The molecule has 0 spiro atoms. The van der Waals surface area contributed by atoms with Crippen LogP contribution in [-0.2, 0) is 9.59 Å². The number of hydrogen-bond donors (Lipinski definition) is 1. The molecule has 18 heavy (non-hydrogen) atoms. The zero-order chi connectivity index (χ0) is 13.8. The number of alkyl halides is 3. The van der Waals surface area contributed by atoms with E-state index in [1.54, 1.807) is 4.90 Å². The second kappa shape index (κ2) is 6.03. The number of nitrogens with zero attached hydrogens (tertiary/aromatic N) is 2. The molecule has 0 aromatic rings. The fourth-order valence-corrected chi connectivity index (χ4v) is 1.79. The van der Waals surface area contributed by atoms with Crippen molar-refractivity contribution in [3.05, 3.63) is 0 Å². The van der Waals surface area contributed by atoms with Crippen LogP contribution in [0.3, 0.4) is 0 Å². The largest absolute Gasteiger partial charge is 0.481 e. The van der Waals surface area contributed by atoms with Crippen LogP contribution in [0, 0.1) is 0 Å². The van der Waals surface area contributed by atoms with Crippen LogP contribution in [0.1, 0.15) is 12.8 Å². The van der Waals surface area contributed by atoms with Gasteiger partial charge in [-0.1, -0.05) is 0 Å². The number of carboxylic acid groups (broad SMARTS) is 1. The van der Waals surface area contributed by atoms with Gasteiger partial charge in [0.2, 0.25) is 5.91 Å². The van der Waals surface area contributed by atoms with Crippen LogP contribution in [0.15, 0.2) is 0 Å². The SMILES string of the molecule is O=C(O)CCCN1CCN(CC(F)(F)F)C(=O)C1. The van der Waals surface area contributed by atoms with Gasteiger partial charge in [0.25, 0.3) is 0 Å². The Hall–Kier alpha value is -1.31. The van der Waals surface area contributed by atoms with Crippen molar-refractivity contribution < 1.29 is 27.9 Å². The number of carboxylic acids is 1. The minimum Gasteiger partial charge on any atom is -0.481 e. The molecule has 0 aromatic heterocycles. The van der Waals surface area contributed by atoms with Crippen molar-refractivity contribution in [3.63, 3.8) is 0 Å². The topological polar surface area (TPSA) is 60.9 Å². The van der Waals surface area contributed by atoms with Crippen molar-refractivity contribution in [2.24, 2.45) is 0 Å². The van der Waals surface area contributed by atoms with E-state index in [-0.39, 0.29) is 19.5 Å². The molecule has 0 saturated carbocycles. The van der Waals surface area contributed by atoms with Gasteiger partial charge < -0.3 is 10.0 Å². The Morgan fingerprint density at radius 2 is 2.00 bits per heavy atom. The third kappa shape index (κ3) is 5.35. The Morgan fingerprint density at radius 1 is 1.33 bits per heavy atom. The maximum absolute atomic E-state index is 12.1. The van der Waals surface area contributed by atoms with Crippen molar-refractivity contribution in [1.82, 2.24) is 9.80 Å². The average Bonchev–Trinajstić information content (AvgIpc) is 2.19. The Morgan fingerprint density at radius 3 is 2.50 bits per heavy atom. The summed E-state index contributed by atoms with van der Waals surface area (Å²) in [5.41, 5.74) is 0. The van der Waals surface area contributed by atoms with Gasteiger partial charge in [0.05, 0.1) is 6.54 Å². The van der Waals surface area contributed by atoms with E-state index < -0.39 is 24.6 Å². The zero-order valence-corrected chi connectivity index (χ0v) is 9.74. The molecule has 0 radical (unpaired) electrons. The first-order valence-corrected chi connectivity index (χ1v) is 5.56. The smallest absolute Gasteiger partial charge is 0.406 e. The molecule has 5 nitrogen and oxygen atoms in total. The molecule has 104 valence electrons. The molecule has 0 bridgehead atoms. The average molecular weight is 268 g/mol. The maximum atomic E-state index is 12.1. The molecule has 0 aromatic carbocycles. The molecule has 1 rings (SSSR count). The van der Waals surface area contributed by atoms with Crippen molar-refractivity contribution in [2.75, 3.05) is 32.7 Å².